The van der Waals surface area contributed by atoms with E-state index in [4.69, 9.17) is 5.11 Å². The van der Waals surface area contributed by atoms with Gasteiger partial charge in [0, 0.05) is 6.54 Å². The first-order chi connectivity index (χ1) is 6.61. The third kappa shape index (κ3) is 3.12. The maximum atomic E-state index is 11.1. The monoisotopic (exact) mass is 261 g/mol. The highest BCUT2D eigenvalue weighted by molar-refractivity contribution is 9.10. The third-order valence-electron chi connectivity index (χ3n) is 1.65. The van der Waals surface area contributed by atoms with Crippen LogP contribution in [0.3, 0.4) is 0 Å². The Kier molecular flexibility index (Phi) is 4.09. The van der Waals surface area contributed by atoms with E-state index in [2.05, 4.69) is 31.2 Å². The van der Waals surface area contributed by atoms with Crippen LogP contribution in [-0.2, 0) is 0 Å². The van der Waals surface area contributed by atoms with Crippen molar-refractivity contribution in [2.24, 2.45) is 0 Å². The van der Waals surface area contributed by atoms with Crippen molar-refractivity contribution in [3.63, 3.8) is 0 Å². The molecule has 1 heterocycles. The molecule has 0 fully saturated rings. The average Bonchev–Trinajstić information content (AvgIpc) is 2.12. The summed E-state index contributed by atoms with van der Waals surface area (Å²) in [6.45, 7) is 2.29. The van der Waals surface area contributed by atoms with Crippen molar-refractivity contribution in [2.75, 3.05) is 11.9 Å². The zero-order chi connectivity index (χ0) is 10.6. The van der Waals surface area contributed by atoms with Gasteiger partial charge < -0.3 is 15.4 Å². The maximum Gasteiger partial charge on any atom is 0.267 e. The van der Waals surface area contributed by atoms with Gasteiger partial charge in [-0.15, -0.1) is 0 Å². The largest absolute Gasteiger partial charge is 0.393 e. The van der Waals surface area contributed by atoms with E-state index in [-0.39, 0.29) is 11.7 Å². The second kappa shape index (κ2) is 5.11. The number of aromatic nitrogens is 2. The van der Waals surface area contributed by atoms with Crippen molar-refractivity contribution in [1.82, 2.24) is 9.97 Å². The van der Waals surface area contributed by atoms with Crippen LogP contribution in [0.15, 0.2) is 15.6 Å². The highest BCUT2D eigenvalue weighted by Gasteiger charge is 2.04. The van der Waals surface area contributed by atoms with Crippen LogP contribution in [0.25, 0.3) is 0 Å². The predicted molar refractivity (Wildman–Crippen MR) is 57.3 cm³/mol. The van der Waals surface area contributed by atoms with Crippen molar-refractivity contribution >= 4 is 21.7 Å². The van der Waals surface area contributed by atoms with E-state index in [9.17, 15) is 4.79 Å². The molecule has 6 heteroatoms. The molecule has 3 N–H and O–H groups in total. The lowest BCUT2D eigenvalue weighted by molar-refractivity contribution is 0.188. The molecule has 1 rings (SSSR count). The number of hydrogen-bond acceptors (Lipinski definition) is 4. The first-order valence-corrected chi connectivity index (χ1v) is 5.05. The number of aliphatic hydroxyl groups excluding tert-OH is 1. The molecule has 0 aliphatic heterocycles. The summed E-state index contributed by atoms with van der Waals surface area (Å²) in [4.78, 5) is 17.5. The molecule has 0 aliphatic rings. The van der Waals surface area contributed by atoms with Gasteiger partial charge in [0.1, 0.15) is 10.3 Å². The first-order valence-electron chi connectivity index (χ1n) is 4.26. The van der Waals surface area contributed by atoms with Gasteiger partial charge in [-0.05, 0) is 29.3 Å². The first kappa shape index (κ1) is 11.2. The zero-order valence-corrected chi connectivity index (χ0v) is 9.34. The van der Waals surface area contributed by atoms with Crippen LogP contribution in [0, 0.1) is 0 Å². The second-order valence-electron chi connectivity index (χ2n) is 2.96. The fourth-order valence-electron chi connectivity index (χ4n) is 0.906. The fourth-order valence-corrected chi connectivity index (χ4v) is 1.26. The fraction of sp³-hybridized carbons (Fsp3) is 0.500. The van der Waals surface area contributed by atoms with Crippen molar-refractivity contribution in [2.45, 2.75) is 19.4 Å². The number of anilines is 1. The molecule has 78 valence electrons. The van der Waals surface area contributed by atoms with Gasteiger partial charge in [0.25, 0.3) is 5.56 Å². The molecule has 14 heavy (non-hydrogen) atoms. The van der Waals surface area contributed by atoms with Gasteiger partial charge in [0.15, 0.2) is 0 Å². The summed E-state index contributed by atoms with van der Waals surface area (Å²) < 4.78 is 0.380. The Labute approximate surface area is 89.7 Å². The van der Waals surface area contributed by atoms with Crippen LogP contribution < -0.4 is 10.9 Å². The number of rotatable bonds is 4. The molecule has 0 saturated heterocycles. The molecule has 0 spiro atoms. The van der Waals surface area contributed by atoms with Gasteiger partial charge in [0.05, 0.1) is 12.4 Å². The zero-order valence-electron chi connectivity index (χ0n) is 7.75. The molecule has 1 aromatic heterocycles. The Hall–Kier alpha value is -0.880. The second-order valence-corrected chi connectivity index (χ2v) is 3.75. The summed E-state index contributed by atoms with van der Waals surface area (Å²) in [7, 11) is 0. The van der Waals surface area contributed by atoms with E-state index in [1.54, 1.807) is 6.92 Å². The number of aromatic amines is 1. The van der Waals surface area contributed by atoms with Gasteiger partial charge in [-0.1, -0.05) is 0 Å². The highest BCUT2D eigenvalue weighted by atomic mass is 79.9. The van der Waals surface area contributed by atoms with Crippen LogP contribution >= 0.6 is 15.9 Å². The van der Waals surface area contributed by atoms with E-state index in [1.165, 1.54) is 6.33 Å². The summed E-state index contributed by atoms with van der Waals surface area (Å²) in [5, 5.41) is 12.0. The molecule has 0 saturated carbocycles. The lowest BCUT2D eigenvalue weighted by Gasteiger charge is -2.07. The summed E-state index contributed by atoms with van der Waals surface area (Å²) >= 11 is 3.12. The van der Waals surface area contributed by atoms with Crippen molar-refractivity contribution in [3.05, 3.63) is 21.2 Å². The molecule has 0 aliphatic carbocycles. The highest BCUT2D eigenvalue weighted by Crippen LogP contribution is 2.12. The number of hydrogen-bond donors (Lipinski definition) is 3. The minimum atomic E-state index is -0.358. The number of halogens is 1. The van der Waals surface area contributed by atoms with Gasteiger partial charge in [0.2, 0.25) is 0 Å². The maximum absolute atomic E-state index is 11.1. The van der Waals surface area contributed by atoms with E-state index in [0.717, 1.165) is 0 Å². The summed E-state index contributed by atoms with van der Waals surface area (Å²) in [6, 6.07) is 0. The molecule has 1 aromatic rings. The molecule has 1 unspecified atom stereocenters. The Morgan fingerprint density at radius 1 is 1.79 bits per heavy atom. The SMILES string of the molecule is CC(O)CCNc1nc[nH]c(=O)c1Br. The molecular weight excluding hydrogens is 250 g/mol. The predicted octanol–water partition coefficient (Wildman–Crippen LogP) is 0.715. The minimum absolute atomic E-state index is 0.223. The van der Waals surface area contributed by atoms with Crippen LogP contribution in [0.1, 0.15) is 13.3 Å². The molecule has 0 aromatic carbocycles. The van der Waals surface area contributed by atoms with Crippen LogP contribution in [0.2, 0.25) is 0 Å². The number of H-pyrrole nitrogens is 1. The number of nitrogens with zero attached hydrogens (tertiary/aromatic N) is 1. The van der Waals surface area contributed by atoms with Gasteiger partial charge >= 0.3 is 0 Å². The van der Waals surface area contributed by atoms with Crippen LogP contribution in [-0.4, -0.2) is 27.7 Å². The lowest BCUT2D eigenvalue weighted by atomic mass is 10.3. The normalized spacial score (nSPS) is 12.5. The Balaban J connectivity index is 2.59. The van der Waals surface area contributed by atoms with E-state index >= 15 is 0 Å². The number of nitrogens with one attached hydrogen (secondary N) is 2. The minimum Gasteiger partial charge on any atom is -0.393 e. The van der Waals surface area contributed by atoms with Crippen LogP contribution in [0.4, 0.5) is 5.82 Å². The smallest absolute Gasteiger partial charge is 0.267 e. The molecule has 0 radical (unpaired) electrons. The molecule has 1 atom stereocenters. The quantitative estimate of drug-likeness (QED) is 0.747. The van der Waals surface area contributed by atoms with E-state index in [1.807, 2.05) is 0 Å². The van der Waals surface area contributed by atoms with Crippen LogP contribution in [0.5, 0.6) is 0 Å². The Morgan fingerprint density at radius 3 is 3.14 bits per heavy atom. The molecule has 0 bridgehead atoms. The number of aliphatic hydroxyl groups is 1. The van der Waals surface area contributed by atoms with E-state index < -0.39 is 0 Å². The molecule has 5 nitrogen and oxygen atoms in total. The van der Waals surface area contributed by atoms with E-state index in [0.29, 0.717) is 23.3 Å². The van der Waals surface area contributed by atoms with Crippen molar-refractivity contribution < 1.29 is 5.11 Å². The standard InChI is InChI=1S/C8H12BrN3O2/c1-5(13)2-3-10-7-6(9)8(14)12-4-11-7/h4-5,13H,2-3H2,1H3,(H2,10,11,12,14). The average molecular weight is 262 g/mol. The Morgan fingerprint density at radius 2 is 2.50 bits per heavy atom. The third-order valence-corrected chi connectivity index (χ3v) is 2.39. The Bertz CT molecular complexity index is 351. The lowest BCUT2D eigenvalue weighted by Crippen LogP contribution is -2.15. The van der Waals surface area contributed by atoms with Crippen molar-refractivity contribution in [1.29, 1.82) is 0 Å². The summed E-state index contributed by atoms with van der Waals surface area (Å²) in [5.74, 6) is 0.495. The van der Waals surface area contributed by atoms with Crippen molar-refractivity contribution in [3.8, 4) is 0 Å². The molecule has 0 amide bonds. The van der Waals surface area contributed by atoms with Gasteiger partial charge in [-0.2, -0.15) is 0 Å². The van der Waals surface area contributed by atoms with Gasteiger partial charge in [-0.25, -0.2) is 4.98 Å². The molecular formula is C8H12BrN3O2. The summed E-state index contributed by atoms with van der Waals surface area (Å²) in [5.41, 5.74) is -0.223. The van der Waals surface area contributed by atoms with Gasteiger partial charge in [-0.3, -0.25) is 4.79 Å². The topological polar surface area (TPSA) is 78.0 Å². The summed E-state index contributed by atoms with van der Waals surface area (Å²) in [6.07, 6.45) is 1.59.